The third-order valence-corrected chi connectivity index (χ3v) is 4.08. The second kappa shape index (κ2) is 8.49. The van der Waals surface area contributed by atoms with E-state index in [0.29, 0.717) is 30.4 Å². The van der Waals surface area contributed by atoms with E-state index in [-0.39, 0.29) is 12.0 Å². The number of rotatable bonds is 8. The summed E-state index contributed by atoms with van der Waals surface area (Å²) >= 11 is 0. The van der Waals surface area contributed by atoms with Gasteiger partial charge in [0.25, 0.3) is 5.91 Å². The van der Waals surface area contributed by atoms with Crippen molar-refractivity contribution in [1.82, 2.24) is 4.98 Å². The molecule has 0 aliphatic rings. The van der Waals surface area contributed by atoms with Crippen molar-refractivity contribution in [3.8, 4) is 5.75 Å². The lowest BCUT2D eigenvalue weighted by molar-refractivity contribution is -0.140. The van der Waals surface area contributed by atoms with E-state index in [4.69, 9.17) is 9.47 Å². The van der Waals surface area contributed by atoms with Crippen molar-refractivity contribution in [1.29, 1.82) is 0 Å². The maximum absolute atomic E-state index is 13.0. The van der Waals surface area contributed by atoms with Crippen LogP contribution in [0.25, 0.3) is 10.9 Å². The number of amides is 1. The second-order valence-electron chi connectivity index (χ2n) is 7.39. The Labute approximate surface area is 156 Å². The Balaban J connectivity index is 2.37. The van der Waals surface area contributed by atoms with Crippen molar-refractivity contribution in [2.45, 2.75) is 59.7 Å². The highest BCUT2D eigenvalue weighted by Crippen LogP contribution is 2.32. The van der Waals surface area contributed by atoms with Crippen molar-refractivity contribution in [3.63, 3.8) is 0 Å². The quantitative estimate of drug-likeness (QED) is 0.736. The van der Waals surface area contributed by atoms with Gasteiger partial charge in [-0.05, 0) is 64.3 Å². The molecule has 1 aromatic heterocycles. The summed E-state index contributed by atoms with van der Waals surface area (Å²) in [6, 6.07) is 7.51. The van der Waals surface area contributed by atoms with Gasteiger partial charge >= 0.3 is 0 Å². The van der Waals surface area contributed by atoms with E-state index in [1.807, 2.05) is 52.0 Å². The van der Waals surface area contributed by atoms with Crippen LogP contribution < -0.4 is 10.1 Å². The van der Waals surface area contributed by atoms with Gasteiger partial charge in [0, 0.05) is 18.2 Å². The van der Waals surface area contributed by atoms with Gasteiger partial charge in [0.05, 0.1) is 11.8 Å². The van der Waals surface area contributed by atoms with Gasteiger partial charge in [0.2, 0.25) is 0 Å². The third kappa shape index (κ3) is 4.73. The molecule has 5 nitrogen and oxygen atoms in total. The Morgan fingerprint density at radius 3 is 2.58 bits per heavy atom. The summed E-state index contributed by atoms with van der Waals surface area (Å²) in [6.07, 6.45) is 2.43. The number of hydrogen-bond acceptors (Lipinski definition) is 4. The predicted octanol–water partition coefficient (Wildman–Crippen LogP) is 4.80. The number of nitrogens with one attached hydrogen (secondary N) is 1. The number of aromatic nitrogens is 1. The van der Waals surface area contributed by atoms with E-state index >= 15 is 0 Å². The molecule has 0 radical (unpaired) electrons. The zero-order chi connectivity index (χ0) is 19.3. The van der Waals surface area contributed by atoms with Gasteiger partial charge in [-0.3, -0.25) is 9.78 Å². The molecule has 1 heterocycles. The van der Waals surface area contributed by atoms with Crippen molar-refractivity contribution >= 4 is 22.5 Å². The molecule has 2 rings (SSSR count). The summed E-state index contributed by atoms with van der Waals surface area (Å²) < 4.78 is 11.7. The summed E-state index contributed by atoms with van der Waals surface area (Å²) in [6.45, 7) is 12.4. The number of ether oxygens (including phenoxy) is 2. The van der Waals surface area contributed by atoms with Crippen molar-refractivity contribution < 1.29 is 14.3 Å². The van der Waals surface area contributed by atoms with Crippen LogP contribution in [0.3, 0.4) is 0 Å². The molecule has 0 spiro atoms. The standard InChI is InChI=1S/C21H30N2O3/c1-7-25-21(6,13-14(2)3)20(24)23-17-10-11-18(26-15(4)5)19-16(17)9-8-12-22-19/h8-12,14-15H,7,13H2,1-6H3,(H,23,24)/t21-/m1/s1. The normalized spacial score (nSPS) is 13.8. The number of benzene rings is 1. The molecule has 2 aromatic rings. The Morgan fingerprint density at radius 2 is 1.96 bits per heavy atom. The average Bonchev–Trinajstić information content (AvgIpc) is 2.56. The fraction of sp³-hybridized carbons (Fsp3) is 0.524. The van der Waals surface area contributed by atoms with E-state index in [1.165, 1.54) is 0 Å². The number of anilines is 1. The number of hydrogen-bond donors (Lipinski definition) is 1. The van der Waals surface area contributed by atoms with Crippen LogP contribution in [-0.4, -0.2) is 29.2 Å². The van der Waals surface area contributed by atoms with Crippen LogP contribution in [0.4, 0.5) is 5.69 Å². The lowest BCUT2D eigenvalue weighted by Gasteiger charge is -2.30. The second-order valence-corrected chi connectivity index (χ2v) is 7.39. The molecular formula is C21H30N2O3. The highest BCUT2D eigenvalue weighted by atomic mass is 16.5. The molecule has 0 aliphatic carbocycles. The molecule has 1 amide bonds. The van der Waals surface area contributed by atoms with Crippen molar-refractivity contribution in [3.05, 3.63) is 30.5 Å². The Bertz CT molecular complexity index is 758. The topological polar surface area (TPSA) is 60.5 Å². The molecule has 0 unspecified atom stereocenters. The number of pyridine rings is 1. The lowest BCUT2D eigenvalue weighted by atomic mass is 9.93. The average molecular weight is 358 g/mol. The van der Waals surface area contributed by atoms with Gasteiger partial charge in [-0.1, -0.05) is 13.8 Å². The fourth-order valence-corrected chi connectivity index (χ4v) is 3.17. The summed E-state index contributed by atoms with van der Waals surface area (Å²) in [5, 5.41) is 3.89. The third-order valence-electron chi connectivity index (χ3n) is 4.08. The minimum atomic E-state index is -0.870. The molecule has 1 atom stereocenters. The minimum absolute atomic E-state index is 0.0490. The molecule has 5 heteroatoms. The van der Waals surface area contributed by atoms with Gasteiger partial charge < -0.3 is 14.8 Å². The highest BCUT2D eigenvalue weighted by molar-refractivity contribution is 6.05. The molecule has 1 N–H and O–H groups in total. The lowest BCUT2D eigenvalue weighted by Crippen LogP contribution is -2.44. The van der Waals surface area contributed by atoms with Gasteiger partial charge in [-0.2, -0.15) is 0 Å². The summed E-state index contributed by atoms with van der Waals surface area (Å²) in [7, 11) is 0. The van der Waals surface area contributed by atoms with Crippen LogP contribution >= 0.6 is 0 Å². The first kappa shape index (κ1) is 20.2. The molecule has 26 heavy (non-hydrogen) atoms. The molecule has 1 aromatic carbocycles. The first-order chi connectivity index (χ1) is 12.3. The summed E-state index contributed by atoms with van der Waals surface area (Å²) in [5.74, 6) is 0.914. The van der Waals surface area contributed by atoms with Crippen molar-refractivity contribution in [2.75, 3.05) is 11.9 Å². The first-order valence-electron chi connectivity index (χ1n) is 9.26. The number of carbonyl (C=O) groups is 1. The van der Waals surface area contributed by atoms with E-state index in [2.05, 4.69) is 24.1 Å². The van der Waals surface area contributed by atoms with Crippen LogP contribution in [-0.2, 0) is 9.53 Å². The Morgan fingerprint density at radius 1 is 1.23 bits per heavy atom. The van der Waals surface area contributed by atoms with Crippen LogP contribution in [0.5, 0.6) is 5.75 Å². The predicted molar refractivity (Wildman–Crippen MR) is 106 cm³/mol. The van der Waals surface area contributed by atoms with Crippen LogP contribution in [0, 0.1) is 5.92 Å². The monoisotopic (exact) mass is 358 g/mol. The van der Waals surface area contributed by atoms with Gasteiger partial charge in [-0.15, -0.1) is 0 Å². The number of fused-ring (bicyclic) bond motifs is 1. The number of nitrogens with zero attached hydrogens (tertiary/aromatic N) is 1. The van der Waals surface area contributed by atoms with Gasteiger partial charge in [0.1, 0.15) is 16.9 Å². The van der Waals surface area contributed by atoms with Crippen LogP contribution in [0.1, 0.15) is 48.0 Å². The minimum Gasteiger partial charge on any atom is -0.489 e. The first-order valence-corrected chi connectivity index (χ1v) is 9.26. The highest BCUT2D eigenvalue weighted by Gasteiger charge is 2.35. The number of carbonyl (C=O) groups excluding carboxylic acids is 1. The molecule has 142 valence electrons. The van der Waals surface area contributed by atoms with Gasteiger partial charge in [0.15, 0.2) is 0 Å². The molecule has 0 aliphatic heterocycles. The molecule has 0 bridgehead atoms. The van der Waals surface area contributed by atoms with E-state index < -0.39 is 5.60 Å². The summed E-state index contributed by atoms with van der Waals surface area (Å²) in [5.41, 5.74) is 0.578. The van der Waals surface area contributed by atoms with E-state index in [9.17, 15) is 4.79 Å². The molecule has 0 saturated carbocycles. The van der Waals surface area contributed by atoms with Crippen LogP contribution in [0.2, 0.25) is 0 Å². The molecule has 0 fully saturated rings. The maximum Gasteiger partial charge on any atom is 0.256 e. The van der Waals surface area contributed by atoms with E-state index in [1.54, 1.807) is 6.20 Å². The maximum atomic E-state index is 13.0. The zero-order valence-electron chi connectivity index (χ0n) is 16.6. The summed E-state index contributed by atoms with van der Waals surface area (Å²) in [4.78, 5) is 17.4. The SMILES string of the molecule is CCO[C@](C)(CC(C)C)C(=O)Nc1ccc(OC(C)C)c2ncccc12. The smallest absolute Gasteiger partial charge is 0.256 e. The van der Waals surface area contributed by atoms with Crippen molar-refractivity contribution in [2.24, 2.45) is 5.92 Å². The largest absolute Gasteiger partial charge is 0.489 e. The zero-order valence-corrected chi connectivity index (χ0v) is 16.6. The Kier molecular flexibility index (Phi) is 6.59. The van der Waals surface area contributed by atoms with E-state index in [0.717, 1.165) is 10.9 Å². The van der Waals surface area contributed by atoms with Gasteiger partial charge in [-0.25, -0.2) is 0 Å². The molecule has 0 saturated heterocycles. The van der Waals surface area contributed by atoms with Crippen LogP contribution in [0.15, 0.2) is 30.5 Å². The Hall–Kier alpha value is -2.14. The fourth-order valence-electron chi connectivity index (χ4n) is 3.17. The molecular weight excluding hydrogens is 328 g/mol.